The van der Waals surface area contributed by atoms with Crippen molar-refractivity contribution in [2.45, 2.75) is 32.6 Å². The van der Waals surface area contributed by atoms with E-state index in [0.717, 1.165) is 5.92 Å². The Morgan fingerprint density at radius 3 is 2.56 bits per heavy atom. The van der Waals surface area contributed by atoms with Crippen LogP contribution in [0, 0.1) is 5.92 Å². The van der Waals surface area contributed by atoms with Gasteiger partial charge in [0.25, 0.3) is 0 Å². The predicted molar refractivity (Wildman–Crippen MR) is 40.4 cm³/mol. The summed E-state index contributed by atoms with van der Waals surface area (Å²) in [6, 6.07) is 0. The summed E-state index contributed by atoms with van der Waals surface area (Å²) in [6.45, 7) is 2.22. The second-order valence-electron chi connectivity index (χ2n) is 2.55. The van der Waals surface area contributed by atoms with Crippen LogP contribution in [0.1, 0.15) is 32.6 Å². The van der Waals surface area contributed by atoms with Gasteiger partial charge in [-0.25, -0.2) is 0 Å². The van der Waals surface area contributed by atoms with Crippen molar-refractivity contribution >= 4 is 0 Å². The van der Waals surface area contributed by atoms with E-state index in [1.54, 1.807) is 0 Å². The third-order valence-corrected chi connectivity index (χ3v) is 1.49. The molecule has 9 heavy (non-hydrogen) atoms. The Hall–Kier alpha value is -0.300. The maximum atomic E-state index is 2.36. The largest absolute Gasteiger partial charge is 0.412 e. The maximum Gasteiger partial charge on any atom is -0.0233 e. The van der Waals surface area contributed by atoms with E-state index in [2.05, 4.69) is 19.1 Å². The normalized spacial score (nSPS) is 17.9. The standard InChI is InChI=1S/C8H14.H2O/c1-2-3-4-5-8-6-7-8;/h4-5,8H,2-3,6-7H2,1H3;1H2. The molecule has 0 radical (unpaired) electrons. The molecule has 0 aromatic heterocycles. The lowest BCUT2D eigenvalue weighted by molar-refractivity contribution is 0.824. The third-order valence-electron chi connectivity index (χ3n) is 1.49. The molecule has 0 spiro atoms. The molecule has 1 heteroatoms. The van der Waals surface area contributed by atoms with Gasteiger partial charge in [-0.05, 0) is 25.2 Å². The van der Waals surface area contributed by atoms with Crippen LogP contribution in [0.15, 0.2) is 12.2 Å². The molecule has 1 fully saturated rings. The molecule has 1 aliphatic rings. The minimum atomic E-state index is 0. The van der Waals surface area contributed by atoms with Crippen LogP contribution in [0.2, 0.25) is 0 Å². The number of hydrogen-bond donors (Lipinski definition) is 0. The Morgan fingerprint density at radius 2 is 2.11 bits per heavy atom. The monoisotopic (exact) mass is 128 g/mol. The summed E-state index contributed by atoms with van der Waals surface area (Å²) in [5.41, 5.74) is 0. The Labute approximate surface area is 57.1 Å². The minimum absolute atomic E-state index is 0. The lowest BCUT2D eigenvalue weighted by atomic mass is 10.3. The number of unbranched alkanes of at least 4 members (excludes halogenated alkanes) is 1. The van der Waals surface area contributed by atoms with Crippen molar-refractivity contribution in [1.29, 1.82) is 0 Å². The van der Waals surface area contributed by atoms with Crippen LogP contribution < -0.4 is 0 Å². The fourth-order valence-corrected chi connectivity index (χ4v) is 0.744. The SMILES string of the molecule is CCCC=CC1CC1.O. The fraction of sp³-hybridized carbons (Fsp3) is 0.750. The van der Waals surface area contributed by atoms with Crippen molar-refractivity contribution < 1.29 is 5.48 Å². The fourth-order valence-electron chi connectivity index (χ4n) is 0.744. The maximum absolute atomic E-state index is 2.36. The Morgan fingerprint density at radius 1 is 1.44 bits per heavy atom. The molecule has 0 aromatic rings. The average molecular weight is 128 g/mol. The molecule has 1 nitrogen and oxygen atoms in total. The zero-order valence-electron chi connectivity index (χ0n) is 6.06. The van der Waals surface area contributed by atoms with Gasteiger partial charge in [0.15, 0.2) is 0 Å². The van der Waals surface area contributed by atoms with Gasteiger partial charge in [0.05, 0.1) is 0 Å². The van der Waals surface area contributed by atoms with E-state index in [-0.39, 0.29) is 5.48 Å². The van der Waals surface area contributed by atoms with E-state index in [9.17, 15) is 0 Å². The minimum Gasteiger partial charge on any atom is -0.412 e. The van der Waals surface area contributed by atoms with Crippen LogP contribution >= 0.6 is 0 Å². The van der Waals surface area contributed by atoms with E-state index >= 15 is 0 Å². The van der Waals surface area contributed by atoms with Crippen LogP contribution in [0.4, 0.5) is 0 Å². The molecule has 1 saturated carbocycles. The predicted octanol–water partition coefficient (Wildman–Crippen LogP) is 1.93. The third kappa shape index (κ3) is 4.22. The lowest BCUT2D eigenvalue weighted by Gasteiger charge is -1.81. The lowest BCUT2D eigenvalue weighted by Crippen LogP contribution is -1.63. The van der Waals surface area contributed by atoms with Crippen molar-refractivity contribution in [3.05, 3.63) is 12.2 Å². The van der Waals surface area contributed by atoms with Crippen molar-refractivity contribution in [3.8, 4) is 0 Å². The van der Waals surface area contributed by atoms with Gasteiger partial charge >= 0.3 is 0 Å². The highest BCUT2D eigenvalue weighted by atomic mass is 16.0. The molecule has 2 N–H and O–H groups in total. The zero-order chi connectivity index (χ0) is 5.82. The number of rotatable bonds is 3. The van der Waals surface area contributed by atoms with E-state index in [0.29, 0.717) is 0 Å². The molecule has 0 saturated heterocycles. The van der Waals surface area contributed by atoms with Crippen LogP contribution in [0.3, 0.4) is 0 Å². The summed E-state index contributed by atoms with van der Waals surface area (Å²) in [4.78, 5) is 0. The Kier molecular flexibility index (Phi) is 4.41. The highest BCUT2D eigenvalue weighted by Crippen LogP contribution is 2.30. The van der Waals surface area contributed by atoms with Gasteiger partial charge in [0.2, 0.25) is 0 Å². The van der Waals surface area contributed by atoms with Gasteiger partial charge in [-0.3, -0.25) is 0 Å². The van der Waals surface area contributed by atoms with Crippen molar-refractivity contribution in [3.63, 3.8) is 0 Å². The highest BCUT2D eigenvalue weighted by molar-refractivity contribution is 4.95. The van der Waals surface area contributed by atoms with E-state index < -0.39 is 0 Å². The summed E-state index contributed by atoms with van der Waals surface area (Å²) in [7, 11) is 0. The first-order valence-corrected chi connectivity index (χ1v) is 3.60. The van der Waals surface area contributed by atoms with Crippen LogP contribution in [-0.2, 0) is 0 Å². The smallest absolute Gasteiger partial charge is 0.0233 e. The number of hydrogen-bond acceptors (Lipinski definition) is 0. The first-order chi connectivity index (χ1) is 3.93. The molecule has 0 aliphatic heterocycles. The molecule has 0 bridgehead atoms. The van der Waals surface area contributed by atoms with Crippen LogP contribution in [0.5, 0.6) is 0 Å². The van der Waals surface area contributed by atoms with Crippen LogP contribution in [-0.4, -0.2) is 5.48 Å². The first kappa shape index (κ1) is 8.70. The molecule has 1 aliphatic carbocycles. The molecule has 1 rings (SSSR count). The first-order valence-electron chi connectivity index (χ1n) is 3.60. The van der Waals surface area contributed by atoms with Crippen LogP contribution in [0.25, 0.3) is 0 Å². The molecule has 54 valence electrons. The molecule has 0 atom stereocenters. The molecule has 0 heterocycles. The van der Waals surface area contributed by atoms with E-state index in [1.807, 2.05) is 0 Å². The summed E-state index contributed by atoms with van der Waals surface area (Å²) in [5.74, 6) is 0.974. The van der Waals surface area contributed by atoms with Crippen molar-refractivity contribution in [2.75, 3.05) is 0 Å². The molecule has 0 unspecified atom stereocenters. The Balaban J connectivity index is 0.000000640. The molecule has 0 aromatic carbocycles. The second kappa shape index (κ2) is 4.57. The van der Waals surface area contributed by atoms with Crippen molar-refractivity contribution in [2.24, 2.45) is 5.92 Å². The summed E-state index contributed by atoms with van der Waals surface area (Å²) >= 11 is 0. The Bertz CT molecular complexity index is 82.6. The van der Waals surface area contributed by atoms with Gasteiger partial charge in [-0.2, -0.15) is 0 Å². The average Bonchev–Trinajstić information content (AvgIpc) is 2.51. The molecular weight excluding hydrogens is 112 g/mol. The van der Waals surface area contributed by atoms with Gasteiger partial charge in [-0.1, -0.05) is 25.5 Å². The highest BCUT2D eigenvalue weighted by Gasteiger charge is 2.16. The van der Waals surface area contributed by atoms with Gasteiger partial charge in [0, 0.05) is 0 Å². The summed E-state index contributed by atoms with van der Waals surface area (Å²) < 4.78 is 0. The van der Waals surface area contributed by atoms with Gasteiger partial charge in [-0.15, -0.1) is 0 Å². The van der Waals surface area contributed by atoms with Gasteiger partial charge in [0.1, 0.15) is 0 Å². The molecule has 0 amide bonds. The van der Waals surface area contributed by atoms with E-state index in [4.69, 9.17) is 0 Å². The molecular formula is C8H16O. The zero-order valence-corrected chi connectivity index (χ0v) is 6.06. The summed E-state index contributed by atoms with van der Waals surface area (Å²) in [5, 5.41) is 0. The van der Waals surface area contributed by atoms with Crippen molar-refractivity contribution in [1.82, 2.24) is 0 Å². The summed E-state index contributed by atoms with van der Waals surface area (Å²) in [6.07, 6.45) is 10.1. The van der Waals surface area contributed by atoms with E-state index in [1.165, 1.54) is 25.7 Å². The topological polar surface area (TPSA) is 31.5 Å². The number of allylic oxidation sites excluding steroid dienone is 2. The second-order valence-corrected chi connectivity index (χ2v) is 2.55. The quantitative estimate of drug-likeness (QED) is 0.520. The van der Waals surface area contributed by atoms with Gasteiger partial charge < -0.3 is 5.48 Å².